The van der Waals surface area contributed by atoms with Crippen molar-refractivity contribution in [2.45, 2.75) is 52.4 Å². The van der Waals surface area contributed by atoms with Crippen molar-refractivity contribution in [1.29, 1.82) is 0 Å². The number of hydrogen-bond donors (Lipinski definition) is 1. The molecule has 5 heteroatoms. The van der Waals surface area contributed by atoms with Crippen LogP contribution in [0.2, 0.25) is 0 Å². The SMILES string of the molecule is CCCCCCc1ccsc1CC(=O)c1c(O)cc(C)oc1=O. The van der Waals surface area contributed by atoms with Crippen molar-refractivity contribution in [1.82, 2.24) is 0 Å². The van der Waals surface area contributed by atoms with Crippen LogP contribution in [-0.2, 0) is 12.8 Å². The molecule has 0 aromatic carbocycles. The van der Waals surface area contributed by atoms with Crippen LogP contribution in [0.5, 0.6) is 5.75 Å². The number of unbranched alkanes of at least 4 members (excludes halogenated alkanes) is 3. The van der Waals surface area contributed by atoms with E-state index in [1.54, 1.807) is 6.92 Å². The quantitative estimate of drug-likeness (QED) is 0.578. The smallest absolute Gasteiger partial charge is 0.350 e. The molecular formula is C18H22O4S. The molecule has 0 radical (unpaired) electrons. The average molecular weight is 334 g/mol. The average Bonchev–Trinajstić information content (AvgIpc) is 2.89. The van der Waals surface area contributed by atoms with Gasteiger partial charge in [-0.2, -0.15) is 0 Å². The molecule has 0 amide bonds. The molecular weight excluding hydrogens is 312 g/mol. The van der Waals surface area contributed by atoms with E-state index in [-0.39, 0.29) is 23.5 Å². The van der Waals surface area contributed by atoms with E-state index in [0.29, 0.717) is 0 Å². The van der Waals surface area contributed by atoms with Gasteiger partial charge in [0.15, 0.2) is 5.78 Å². The number of carbonyl (C=O) groups excluding carboxylic acids is 1. The summed E-state index contributed by atoms with van der Waals surface area (Å²) >= 11 is 1.52. The first-order chi connectivity index (χ1) is 11.0. The molecule has 0 aliphatic rings. The Labute approximate surface area is 139 Å². The van der Waals surface area contributed by atoms with Gasteiger partial charge in [0, 0.05) is 17.4 Å². The molecule has 2 heterocycles. The van der Waals surface area contributed by atoms with Crippen molar-refractivity contribution >= 4 is 17.1 Å². The Hall–Kier alpha value is -1.88. The van der Waals surface area contributed by atoms with Crippen LogP contribution in [0.25, 0.3) is 0 Å². The van der Waals surface area contributed by atoms with E-state index in [2.05, 4.69) is 6.92 Å². The van der Waals surface area contributed by atoms with E-state index in [1.807, 2.05) is 11.4 Å². The second-order valence-corrected chi connectivity index (χ2v) is 6.69. The molecule has 0 bridgehead atoms. The minimum absolute atomic E-state index is 0.127. The molecule has 124 valence electrons. The molecule has 1 N–H and O–H groups in total. The summed E-state index contributed by atoms with van der Waals surface area (Å²) in [5, 5.41) is 11.8. The summed E-state index contributed by atoms with van der Waals surface area (Å²) in [7, 11) is 0. The highest BCUT2D eigenvalue weighted by molar-refractivity contribution is 7.10. The Morgan fingerprint density at radius 1 is 1.30 bits per heavy atom. The van der Waals surface area contributed by atoms with E-state index in [1.165, 1.54) is 36.7 Å². The van der Waals surface area contributed by atoms with Crippen molar-refractivity contribution in [3.63, 3.8) is 0 Å². The number of aromatic hydroxyl groups is 1. The third-order valence-corrected chi connectivity index (χ3v) is 4.75. The van der Waals surface area contributed by atoms with Crippen LogP contribution in [0.15, 0.2) is 26.7 Å². The molecule has 0 fully saturated rings. The number of carbonyl (C=O) groups is 1. The fourth-order valence-electron chi connectivity index (χ4n) is 2.57. The topological polar surface area (TPSA) is 67.5 Å². The van der Waals surface area contributed by atoms with Gasteiger partial charge >= 0.3 is 5.63 Å². The predicted octanol–water partition coefficient (Wildman–Crippen LogP) is 4.26. The second-order valence-electron chi connectivity index (χ2n) is 5.68. The Kier molecular flexibility index (Phi) is 6.16. The molecule has 0 atom stereocenters. The van der Waals surface area contributed by atoms with Crippen LogP contribution in [0, 0.1) is 6.92 Å². The third kappa shape index (κ3) is 4.55. The molecule has 0 saturated carbocycles. The maximum Gasteiger partial charge on any atom is 0.350 e. The number of hydrogen-bond acceptors (Lipinski definition) is 5. The lowest BCUT2D eigenvalue weighted by Gasteiger charge is -2.05. The summed E-state index contributed by atoms with van der Waals surface area (Å²) in [5.41, 5.74) is 0.143. The number of ketones is 1. The highest BCUT2D eigenvalue weighted by Crippen LogP contribution is 2.23. The summed E-state index contributed by atoms with van der Waals surface area (Å²) in [6, 6.07) is 3.34. The normalized spacial score (nSPS) is 10.9. The van der Waals surface area contributed by atoms with Gasteiger partial charge in [-0.25, -0.2) is 4.79 Å². The summed E-state index contributed by atoms with van der Waals surface area (Å²) in [6.45, 7) is 3.73. The first-order valence-electron chi connectivity index (χ1n) is 7.95. The van der Waals surface area contributed by atoms with Gasteiger partial charge in [-0.05, 0) is 36.8 Å². The highest BCUT2D eigenvalue weighted by Gasteiger charge is 2.20. The minimum Gasteiger partial charge on any atom is -0.507 e. The van der Waals surface area contributed by atoms with Gasteiger partial charge in [-0.3, -0.25) is 4.79 Å². The molecule has 0 unspecified atom stereocenters. The summed E-state index contributed by atoms with van der Waals surface area (Å²) in [6.07, 6.45) is 5.77. The van der Waals surface area contributed by atoms with Crippen LogP contribution in [0.1, 0.15) is 59.2 Å². The molecule has 2 rings (SSSR count). The van der Waals surface area contributed by atoms with Crippen LogP contribution < -0.4 is 5.63 Å². The molecule has 4 nitrogen and oxygen atoms in total. The van der Waals surface area contributed by atoms with Crippen molar-refractivity contribution in [3.05, 3.63) is 49.7 Å². The molecule has 0 saturated heterocycles. The van der Waals surface area contributed by atoms with Crippen LogP contribution in [0.4, 0.5) is 0 Å². The van der Waals surface area contributed by atoms with Crippen molar-refractivity contribution in [2.24, 2.45) is 0 Å². The highest BCUT2D eigenvalue weighted by atomic mass is 32.1. The standard InChI is InChI=1S/C18H22O4S/c1-3-4-5-6-7-13-8-9-23-16(13)11-15(20)17-14(19)10-12(2)22-18(17)21/h8-10,19H,3-7,11H2,1-2H3. The van der Waals surface area contributed by atoms with E-state index in [9.17, 15) is 14.7 Å². The van der Waals surface area contributed by atoms with Crippen LogP contribution >= 0.6 is 11.3 Å². The van der Waals surface area contributed by atoms with E-state index < -0.39 is 11.4 Å². The Bertz CT molecular complexity index is 727. The summed E-state index contributed by atoms with van der Waals surface area (Å²) < 4.78 is 4.92. The molecule has 0 aliphatic carbocycles. The molecule has 0 aliphatic heterocycles. The van der Waals surface area contributed by atoms with E-state index >= 15 is 0 Å². The zero-order valence-electron chi connectivity index (χ0n) is 13.6. The van der Waals surface area contributed by atoms with Gasteiger partial charge in [0.25, 0.3) is 0 Å². The fourth-order valence-corrected chi connectivity index (χ4v) is 3.51. The van der Waals surface area contributed by atoms with Gasteiger partial charge in [-0.15, -0.1) is 11.3 Å². The van der Waals surface area contributed by atoms with Gasteiger partial charge in [0.2, 0.25) is 0 Å². The monoisotopic (exact) mass is 334 g/mol. The predicted molar refractivity (Wildman–Crippen MR) is 91.6 cm³/mol. The first kappa shape index (κ1) is 17.5. The van der Waals surface area contributed by atoms with Crippen LogP contribution in [-0.4, -0.2) is 10.9 Å². The van der Waals surface area contributed by atoms with Gasteiger partial charge < -0.3 is 9.52 Å². The molecule has 0 spiro atoms. The first-order valence-corrected chi connectivity index (χ1v) is 8.83. The fraction of sp³-hybridized carbons (Fsp3) is 0.444. The van der Waals surface area contributed by atoms with Gasteiger partial charge in [-0.1, -0.05) is 26.2 Å². The van der Waals surface area contributed by atoms with Crippen molar-refractivity contribution in [3.8, 4) is 5.75 Å². The maximum atomic E-state index is 12.4. The molecule has 2 aromatic heterocycles. The zero-order chi connectivity index (χ0) is 16.8. The molecule has 2 aromatic rings. The summed E-state index contributed by atoms with van der Waals surface area (Å²) in [5.74, 6) is -0.407. The number of aryl methyl sites for hydroxylation is 2. The number of rotatable bonds is 8. The Balaban J connectivity index is 2.10. The third-order valence-electron chi connectivity index (χ3n) is 3.79. The van der Waals surface area contributed by atoms with Gasteiger partial charge in [0.1, 0.15) is 17.1 Å². The Morgan fingerprint density at radius 3 is 2.78 bits per heavy atom. The zero-order valence-corrected chi connectivity index (χ0v) is 14.4. The number of thiophene rings is 1. The second kappa shape index (κ2) is 8.11. The number of Topliss-reactive ketones (excluding diaryl/α,β-unsaturated/α-hetero) is 1. The summed E-state index contributed by atoms with van der Waals surface area (Å²) in [4.78, 5) is 25.2. The lowest BCUT2D eigenvalue weighted by molar-refractivity contribution is 0.0986. The largest absolute Gasteiger partial charge is 0.507 e. The van der Waals surface area contributed by atoms with Gasteiger partial charge in [0.05, 0.1) is 0 Å². The van der Waals surface area contributed by atoms with Crippen molar-refractivity contribution in [2.75, 3.05) is 0 Å². The van der Waals surface area contributed by atoms with E-state index in [4.69, 9.17) is 4.42 Å². The lowest BCUT2D eigenvalue weighted by atomic mass is 10.0. The van der Waals surface area contributed by atoms with Crippen LogP contribution in [0.3, 0.4) is 0 Å². The van der Waals surface area contributed by atoms with Crippen molar-refractivity contribution < 1.29 is 14.3 Å². The Morgan fingerprint density at radius 2 is 2.09 bits per heavy atom. The lowest BCUT2D eigenvalue weighted by Crippen LogP contribution is -2.16. The van der Waals surface area contributed by atoms with E-state index in [0.717, 1.165) is 23.3 Å². The molecule has 23 heavy (non-hydrogen) atoms. The minimum atomic E-state index is -0.770. The maximum absolute atomic E-state index is 12.4.